The van der Waals surface area contributed by atoms with Crippen LogP contribution in [0.5, 0.6) is 0 Å². The van der Waals surface area contributed by atoms with Gasteiger partial charge in [0.25, 0.3) is 0 Å². The van der Waals surface area contributed by atoms with Crippen molar-refractivity contribution in [3.05, 3.63) is 0 Å². The first-order valence-electron chi connectivity index (χ1n) is 7.07. The number of hydrogen-bond donors (Lipinski definition) is 1. The number of aliphatic hydroxyl groups is 1. The van der Waals surface area contributed by atoms with Crippen LogP contribution in [0.1, 0.15) is 71.1 Å². The number of esters is 1. The molecule has 0 aliphatic heterocycles. The number of carbonyl (C=O) groups excluding carboxylic acids is 1. The van der Waals surface area contributed by atoms with Crippen molar-refractivity contribution in [1.82, 2.24) is 0 Å². The molecule has 0 unspecified atom stereocenters. The molecule has 0 saturated heterocycles. The summed E-state index contributed by atoms with van der Waals surface area (Å²) in [5, 5.41) is 8.60. The summed E-state index contributed by atoms with van der Waals surface area (Å²) in [6.45, 7) is 3.00. The molecule has 0 fully saturated rings. The summed E-state index contributed by atoms with van der Waals surface area (Å²) in [5.74, 6) is -0.0428. The van der Waals surface area contributed by atoms with E-state index in [1.165, 1.54) is 12.8 Å². The average Bonchev–Trinajstić information content (AvgIpc) is 2.33. The number of rotatable bonds is 12. The maximum absolute atomic E-state index is 11.2. The van der Waals surface area contributed by atoms with Crippen molar-refractivity contribution >= 4 is 5.97 Å². The maximum atomic E-state index is 11.2. The Morgan fingerprint density at radius 1 is 0.941 bits per heavy atom. The highest BCUT2D eigenvalue weighted by molar-refractivity contribution is 5.69. The molecule has 102 valence electrons. The van der Waals surface area contributed by atoms with Crippen LogP contribution >= 0.6 is 0 Å². The molecule has 0 heterocycles. The van der Waals surface area contributed by atoms with Crippen molar-refractivity contribution in [2.45, 2.75) is 71.1 Å². The Balaban J connectivity index is 3.08. The van der Waals surface area contributed by atoms with Crippen LogP contribution in [-0.2, 0) is 9.53 Å². The molecular weight excluding hydrogens is 216 g/mol. The molecule has 0 amide bonds. The molecule has 0 radical (unpaired) electrons. The summed E-state index contributed by atoms with van der Waals surface area (Å²) in [6.07, 6.45) is 10.2. The molecule has 0 aliphatic carbocycles. The van der Waals surface area contributed by atoms with Crippen LogP contribution in [0.4, 0.5) is 0 Å². The van der Waals surface area contributed by atoms with Gasteiger partial charge in [0, 0.05) is 13.0 Å². The zero-order valence-electron chi connectivity index (χ0n) is 11.2. The van der Waals surface area contributed by atoms with Gasteiger partial charge in [-0.1, -0.05) is 45.4 Å². The Labute approximate surface area is 106 Å². The van der Waals surface area contributed by atoms with Gasteiger partial charge >= 0.3 is 5.97 Å². The molecule has 0 bridgehead atoms. The van der Waals surface area contributed by atoms with Gasteiger partial charge in [-0.15, -0.1) is 0 Å². The molecular formula is C14H28O3. The zero-order valence-corrected chi connectivity index (χ0v) is 11.2. The van der Waals surface area contributed by atoms with Crippen LogP contribution < -0.4 is 0 Å². The highest BCUT2D eigenvalue weighted by atomic mass is 16.5. The Bertz CT molecular complexity index is 169. The summed E-state index contributed by atoms with van der Waals surface area (Å²) in [6, 6.07) is 0. The quantitative estimate of drug-likeness (QED) is 0.422. The standard InChI is InChI=1S/C14H28O3/c1-2-3-8-11-14(16)17-13-10-7-5-4-6-9-12-15/h15H,2-13H2,1H3. The van der Waals surface area contributed by atoms with Crippen LogP contribution in [0, 0.1) is 0 Å². The second kappa shape index (κ2) is 13.5. The molecule has 0 spiro atoms. The second-order valence-electron chi connectivity index (χ2n) is 4.52. The molecule has 3 nitrogen and oxygen atoms in total. The van der Waals surface area contributed by atoms with E-state index in [2.05, 4.69) is 6.92 Å². The third-order valence-electron chi connectivity index (χ3n) is 2.80. The van der Waals surface area contributed by atoms with Gasteiger partial charge in [-0.05, 0) is 19.3 Å². The summed E-state index contributed by atoms with van der Waals surface area (Å²) < 4.78 is 5.14. The molecule has 0 rings (SSSR count). The number of carbonyl (C=O) groups is 1. The largest absolute Gasteiger partial charge is 0.466 e. The highest BCUT2D eigenvalue weighted by Gasteiger charge is 2.01. The van der Waals surface area contributed by atoms with Gasteiger partial charge in [-0.25, -0.2) is 0 Å². The predicted octanol–water partition coefficient (Wildman–Crippen LogP) is 3.44. The van der Waals surface area contributed by atoms with Crippen LogP contribution in [-0.4, -0.2) is 24.3 Å². The molecule has 0 aromatic carbocycles. The summed E-state index contributed by atoms with van der Waals surface area (Å²) in [7, 11) is 0. The minimum absolute atomic E-state index is 0.0428. The van der Waals surface area contributed by atoms with Gasteiger partial charge in [-0.3, -0.25) is 4.79 Å². The van der Waals surface area contributed by atoms with E-state index in [-0.39, 0.29) is 5.97 Å². The van der Waals surface area contributed by atoms with Gasteiger partial charge in [0.2, 0.25) is 0 Å². The first kappa shape index (κ1) is 16.4. The fourth-order valence-electron chi connectivity index (χ4n) is 1.70. The fraction of sp³-hybridized carbons (Fsp3) is 0.929. The average molecular weight is 244 g/mol. The Morgan fingerprint density at radius 3 is 2.24 bits per heavy atom. The maximum Gasteiger partial charge on any atom is 0.305 e. The van der Waals surface area contributed by atoms with Gasteiger partial charge in [0.15, 0.2) is 0 Å². The molecule has 0 saturated carbocycles. The molecule has 0 aromatic heterocycles. The first-order valence-corrected chi connectivity index (χ1v) is 7.07. The van der Waals surface area contributed by atoms with Crippen LogP contribution in [0.3, 0.4) is 0 Å². The molecule has 3 heteroatoms. The smallest absolute Gasteiger partial charge is 0.305 e. The van der Waals surface area contributed by atoms with Gasteiger partial charge < -0.3 is 9.84 Å². The van der Waals surface area contributed by atoms with Crippen molar-refractivity contribution in [2.24, 2.45) is 0 Å². The van der Waals surface area contributed by atoms with Crippen molar-refractivity contribution in [3.8, 4) is 0 Å². The van der Waals surface area contributed by atoms with Gasteiger partial charge in [0.1, 0.15) is 0 Å². The van der Waals surface area contributed by atoms with E-state index in [0.29, 0.717) is 19.6 Å². The molecule has 17 heavy (non-hydrogen) atoms. The summed E-state index contributed by atoms with van der Waals surface area (Å²) >= 11 is 0. The third kappa shape index (κ3) is 13.4. The molecule has 0 atom stereocenters. The normalized spacial score (nSPS) is 10.5. The third-order valence-corrected chi connectivity index (χ3v) is 2.80. The van der Waals surface area contributed by atoms with Crippen LogP contribution in [0.15, 0.2) is 0 Å². The van der Waals surface area contributed by atoms with Crippen molar-refractivity contribution in [3.63, 3.8) is 0 Å². The number of aliphatic hydroxyl groups excluding tert-OH is 1. The van der Waals surface area contributed by atoms with Gasteiger partial charge in [-0.2, -0.15) is 0 Å². The van der Waals surface area contributed by atoms with E-state index in [4.69, 9.17) is 9.84 Å². The topological polar surface area (TPSA) is 46.5 Å². The number of unbranched alkanes of at least 4 members (excludes halogenated alkanes) is 7. The van der Waals surface area contributed by atoms with E-state index < -0.39 is 0 Å². The van der Waals surface area contributed by atoms with E-state index >= 15 is 0 Å². The van der Waals surface area contributed by atoms with E-state index in [1.54, 1.807) is 0 Å². The van der Waals surface area contributed by atoms with Crippen molar-refractivity contribution in [2.75, 3.05) is 13.2 Å². The first-order chi connectivity index (χ1) is 8.31. The van der Waals surface area contributed by atoms with E-state index in [9.17, 15) is 4.79 Å². The number of ether oxygens (including phenoxy) is 1. The fourth-order valence-corrected chi connectivity index (χ4v) is 1.70. The molecule has 0 aromatic rings. The van der Waals surface area contributed by atoms with Crippen molar-refractivity contribution < 1.29 is 14.6 Å². The minimum Gasteiger partial charge on any atom is -0.466 e. The summed E-state index contributed by atoms with van der Waals surface area (Å²) in [5.41, 5.74) is 0. The Hall–Kier alpha value is -0.570. The SMILES string of the molecule is CCCCCC(=O)OCCCCCCCCO. The molecule has 1 N–H and O–H groups in total. The van der Waals surface area contributed by atoms with Crippen LogP contribution in [0.25, 0.3) is 0 Å². The van der Waals surface area contributed by atoms with Crippen molar-refractivity contribution in [1.29, 1.82) is 0 Å². The lowest BCUT2D eigenvalue weighted by atomic mass is 10.1. The number of hydrogen-bond acceptors (Lipinski definition) is 3. The molecule has 0 aliphatic rings. The van der Waals surface area contributed by atoms with Crippen LogP contribution in [0.2, 0.25) is 0 Å². The van der Waals surface area contributed by atoms with E-state index in [0.717, 1.165) is 44.9 Å². The van der Waals surface area contributed by atoms with Gasteiger partial charge in [0.05, 0.1) is 6.61 Å². The Kier molecular flexibility index (Phi) is 13.0. The highest BCUT2D eigenvalue weighted by Crippen LogP contribution is 2.06. The Morgan fingerprint density at radius 2 is 1.59 bits per heavy atom. The zero-order chi connectivity index (χ0) is 12.8. The lowest BCUT2D eigenvalue weighted by Gasteiger charge is -2.04. The van der Waals surface area contributed by atoms with E-state index in [1.807, 2.05) is 0 Å². The lowest BCUT2D eigenvalue weighted by Crippen LogP contribution is -2.05. The second-order valence-corrected chi connectivity index (χ2v) is 4.52. The predicted molar refractivity (Wildman–Crippen MR) is 69.9 cm³/mol. The summed E-state index contributed by atoms with van der Waals surface area (Å²) in [4.78, 5) is 11.2. The minimum atomic E-state index is -0.0428. The monoisotopic (exact) mass is 244 g/mol. The lowest BCUT2D eigenvalue weighted by molar-refractivity contribution is -0.143.